The molecule has 2 atom stereocenters. The predicted molar refractivity (Wildman–Crippen MR) is 112 cm³/mol. The molecule has 146 valence electrons. The Kier molecular flexibility index (Phi) is 5.02. The lowest BCUT2D eigenvalue weighted by molar-refractivity contribution is -0.119. The number of aryl methyl sites for hydroxylation is 2. The van der Waals surface area contributed by atoms with Crippen molar-refractivity contribution in [3.05, 3.63) is 50.6 Å². The lowest BCUT2D eigenvalue weighted by Gasteiger charge is -2.17. The molecule has 0 aliphatic heterocycles. The van der Waals surface area contributed by atoms with Crippen LogP contribution < -0.4 is 10.9 Å². The zero-order valence-corrected chi connectivity index (χ0v) is 17.2. The van der Waals surface area contributed by atoms with E-state index in [0.717, 1.165) is 31.2 Å². The molecule has 0 fully saturated rings. The summed E-state index contributed by atoms with van der Waals surface area (Å²) < 4.78 is 1.21. The molecular formula is C21H24N4O2S. The number of fused-ring (bicyclic) bond motifs is 3. The summed E-state index contributed by atoms with van der Waals surface area (Å²) >= 11 is 1.57. The summed E-state index contributed by atoms with van der Waals surface area (Å²) in [5.41, 5.74) is 2.80. The second kappa shape index (κ2) is 7.47. The molecule has 2 heterocycles. The molecule has 0 spiro atoms. The van der Waals surface area contributed by atoms with Crippen LogP contribution in [0.15, 0.2) is 29.1 Å². The number of amides is 1. The van der Waals surface area contributed by atoms with Crippen molar-refractivity contribution in [3.63, 3.8) is 0 Å². The van der Waals surface area contributed by atoms with E-state index in [1.54, 1.807) is 18.3 Å². The van der Waals surface area contributed by atoms with Crippen molar-refractivity contribution >= 4 is 33.1 Å². The molecule has 0 saturated carbocycles. The normalized spacial score (nSPS) is 17.3. The van der Waals surface area contributed by atoms with Crippen molar-refractivity contribution < 1.29 is 4.79 Å². The van der Waals surface area contributed by atoms with Crippen LogP contribution in [-0.2, 0) is 24.1 Å². The van der Waals surface area contributed by atoms with E-state index in [1.807, 2.05) is 24.3 Å². The summed E-state index contributed by atoms with van der Waals surface area (Å²) in [6, 6.07) is 6.97. The van der Waals surface area contributed by atoms with Gasteiger partial charge in [0.15, 0.2) is 4.83 Å². The highest BCUT2D eigenvalue weighted by Gasteiger charge is 2.26. The lowest BCUT2D eigenvalue weighted by Crippen LogP contribution is -2.34. The van der Waals surface area contributed by atoms with Crippen LogP contribution in [0.5, 0.6) is 0 Å². The van der Waals surface area contributed by atoms with Gasteiger partial charge >= 0.3 is 0 Å². The van der Waals surface area contributed by atoms with E-state index in [4.69, 9.17) is 0 Å². The molecule has 2 aromatic heterocycles. The minimum Gasteiger partial charge on any atom is -0.324 e. The molecule has 0 radical (unpaired) electrons. The highest BCUT2D eigenvalue weighted by Crippen LogP contribution is 2.35. The Balaban J connectivity index is 1.63. The second-order valence-electron chi connectivity index (χ2n) is 7.59. The Morgan fingerprint density at radius 2 is 2.11 bits per heavy atom. The Morgan fingerprint density at radius 3 is 2.82 bits per heavy atom. The molecule has 1 aromatic carbocycles. The van der Waals surface area contributed by atoms with E-state index < -0.39 is 6.04 Å². The number of aromatic nitrogens is 3. The summed E-state index contributed by atoms with van der Waals surface area (Å²) in [5.74, 6) is 0.345. The Hall–Kier alpha value is -2.54. The van der Waals surface area contributed by atoms with E-state index in [0.29, 0.717) is 21.8 Å². The predicted octanol–water partition coefficient (Wildman–Crippen LogP) is 3.74. The van der Waals surface area contributed by atoms with E-state index in [1.165, 1.54) is 15.1 Å². The molecule has 6 nitrogen and oxygen atoms in total. The standard InChI is InChI=1S/C21H24N4O2S/c1-4-14-6-8-15(9-7-14)22-19(26)13(3)25-21(27)18-16-10-5-12(2)11-17(16)28-20(18)23-24-25/h6-9,12-13H,4-5,10-11H2,1-3H3,(H,22,26)/t12-,13-/m0/s1. The summed E-state index contributed by atoms with van der Waals surface area (Å²) in [5, 5.41) is 11.8. The van der Waals surface area contributed by atoms with Crippen LogP contribution in [0.25, 0.3) is 10.2 Å². The molecule has 1 N–H and O–H groups in total. The third-order valence-corrected chi connectivity index (χ3v) is 6.66. The molecular weight excluding hydrogens is 372 g/mol. The molecule has 3 aromatic rings. The number of thiophene rings is 1. The van der Waals surface area contributed by atoms with Crippen LogP contribution in [0.1, 0.15) is 49.2 Å². The number of carbonyl (C=O) groups is 1. The smallest absolute Gasteiger partial charge is 0.279 e. The molecule has 7 heteroatoms. The molecule has 1 aliphatic carbocycles. The van der Waals surface area contributed by atoms with Crippen molar-refractivity contribution in [2.45, 2.75) is 52.5 Å². The van der Waals surface area contributed by atoms with Gasteiger partial charge in [-0.25, -0.2) is 0 Å². The third-order valence-electron chi connectivity index (χ3n) is 5.52. The zero-order valence-electron chi connectivity index (χ0n) is 16.4. The van der Waals surface area contributed by atoms with Gasteiger partial charge in [-0.15, -0.1) is 16.4 Å². The first-order chi connectivity index (χ1) is 13.5. The maximum atomic E-state index is 13.1. The topological polar surface area (TPSA) is 76.9 Å². The van der Waals surface area contributed by atoms with Gasteiger partial charge in [0.2, 0.25) is 5.91 Å². The Morgan fingerprint density at radius 1 is 1.36 bits per heavy atom. The van der Waals surface area contributed by atoms with Gasteiger partial charge in [-0.3, -0.25) is 9.59 Å². The molecule has 0 unspecified atom stereocenters. The quantitative estimate of drug-likeness (QED) is 0.729. The fraction of sp³-hybridized carbons (Fsp3) is 0.429. The van der Waals surface area contributed by atoms with Crippen LogP contribution in [0.2, 0.25) is 0 Å². The van der Waals surface area contributed by atoms with Gasteiger partial charge in [-0.2, -0.15) is 4.68 Å². The number of nitrogens with one attached hydrogen (secondary N) is 1. The van der Waals surface area contributed by atoms with Crippen LogP contribution in [0.3, 0.4) is 0 Å². The SMILES string of the molecule is CCc1ccc(NC(=O)[C@H](C)n2nnc3sc4c(c3c2=O)CC[C@H](C)C4)cc1. The van der Waals surface area contributed by atoms with Gasteiger partial charge in [0.25, 0.3) is 5.56 Å². The van der Waals surface area contributed by atoms with Gasteiger partial charge in [0.05, 0.1) is 5.39 Å². The minimum atomic E-state index is -0.742. The summed E-state index contributed by atoms with van der Waals surface area (Å²) in [7, 11) is 0. The lowest BCUT2D eigenvalue weighted by atomic mass is 9.89. The van der Waals surface area contributed by atoms with Gasteiger partial charge in [0.1, 0.15) is 6.04 Å². The molecule has 4 rings (SSSR count). The fourth-order valence-corrected chi connectivity index (χ4v) is 5.02. The number of hydrogen-bond acceptors (Lipinski definition) is 5. The van der Waals surface area contributed by atoms with E-state index in [-0.39, 0.29) is 11.5 Å². The maximum Gasteiger partial charge on any atom is 0.279 e. The van der Waals surface area contributed by atoms with Crippen LogP contribution in [-0.4, -0.2) is 20.9 Å². The van der Waals surface area contributed by atoms with Gasteiger partial charge in [-0.1, -0.05) is 31.2 Å². The largest absolute Gasteiger partial charge is 0.324 e. The molecule has 28 heavy (non-hydrogen) atoms. The van der Waals surface area contributed by atoms with E-state index in [9.17, 15) is 9.59 Å². The highest BCUT2D eigenvalue weighted by atomic mass is 32.1. The Bertz CT molecular complexity index is 1080. The number of carbonyl (C=O) groups excluding carboxylic acids is 1. The number of nitrogens with zero attached hydrogens (tertiary/aromatic N) is 3. The number of benzene rings is 1. The van der Waals surface area contributed by atoms with Crippen LogP contribution >= 0.6 is 11.3 Å². The zero-order chi connectivity index (χ0) is 19.8. The Labute approximate surface area is 167 Å². The average molecular weight is 397 g/mol. The third kappa shape index (κ3) is 3.35. The van der Waals surface area contributed by atoms with Gasteiger partial charge < -0.3 is 5.32 Å². The van der Waals surface area contributed by atoms with E-state index >= 15 is 0 Å². The second-order valence-corrected chi connectivity index (χ2v) is 8.67. The first-order valence-corrected chi connectivity index (χ1v) is 10.6. The van der Waals surface area contributed by atoms with Crippen molar-refractivity contribution in [2.24, 2.45) is 5.92 Å². The molecule has 1 amide bonds. The minimum absolute atomic E-state index is 0.221. The number of anilines is 1. The number of hydrogen-bond donors (Lipinski definition) is 1. The molecule has 1 aliphatic rings. The fourth-order valence-electron chi connectivity index (χ4n) is 3.71. The average Bonchev–Trinajstić information content (AvgIpc) is 3.06. The number of rotatable bonds is 4. The first-order valence-electron chi connectivity index (χ1n) is 9.77. The van der Waals surface area contributed by atoms with Gasteiger partial charge in [0, 0.05) is 10.6 Å². The van der Waals surface area contributed by atoms with Crippen LogP contribution in [0.4, 0.5) is 5.69 Å². The van der Waals surface area contributed by atoms with Crippen LogP contribution in [0, 0.1) is 5.92 Å². The highest BCUT2D eigenvalue weighted by molar-refractivity contribution is 7.18. The van der Waals surface area contributed by atoms with Crippen molar-refractivity contribution in [3.8, 4) is 0 Å². The first kappa shape index (κ1) is 18.8. The maximum absolute atomic E-state index is 13.1. The monoisotopic (exact) mass is 396 g/mol. The summed E-state index contributed by atoms with van der Waals surface area (Å²) in [6.07, 6.45) is 3.89. The molecule has 0 saturated heterocycles. The summed E-state index contributed by atoms with van der Waals surface area (Å²) in [4.78, 5) is 27.7. The summed E-state index contributed by atoms with van der Waals surface area (Å²) in [6.45, 7) is 6.00. The van der Waals surface area contributed by atoms with Crippen molar-refractivity contribution in [2.75, 3.05) is 5.32 Å². The molecule has 0 bridgehead atoms. The van der Waals surface area contributed by atoms with Gasteiger partial charge in [-0.05, 0) is 61.8 Å². The van der Waals surface area contributed by atoms with Crippen molar-refractivity contribution in [1.29, 1.82) is 0 Å². The van der Waals surface area contributed by atoms with E-state index in [2.05, 4.69) is 29.5 Å². The van der Waals surface area contributed by atoms with Crippen molar-refractivity contribution in [1.82, 2.24) is 15.0 Å².